The van der Waals surface area contributed by atoms with E-state index in [1.54, 1.807) is 43.5 Å². The highest BCUT2D eigenvalue weighted by Crippen LogP contribution is 2.34. The van der Waals surface area contributed by atoms with Gasteiger partial charge in [-0.15, -0.1) is 0 Å². The van der Waals surface area contributed by atoms with E-state index in [2.05, 4.69) is 26.2 Å². The van der Waals surface area contributed by atoms with E-state index < -0.39 is 9.84 Å². The van der Waals surface area contributed by atoms with Crippen LogP contribution in [0.1, 0.15) is 0 Å². The molecule has 0 saturated carbocycles. The Morgan fingerprint density at radius 2 is 1.60 bits per heavy atom. The molecule has 152 valence electrons. The summed E-state index contributed by atoms with van der Waals surface area (Å²) in [5.74, 6) is 0.914. The molecule has 4 aromatic rings. The van der Waals surface area contributed by atoms with E-state index >= 15 is 0 Å². The molecule has 0 atom stereocenters. The van der Waals surface area contributed by atoms with Gasteiger partial charge in [0, 0.05) is 15.7 Å². The zero-order valence-electron chi connectivity index (χ0n) is 15.9. The number of methoxy groups -OCH3 is 1. The van der Waals surface area contributed by atoms with Crippen LogP contribution in [0, 0.1) is 0 Å². The molecule has 6 nitrogen and oxygen atoms in total. The van der Waals surface area contributed by atoms with Crippen molar-refractivity contribution in [1.82, 2.24) is 4.98 Å². The summed E-state index contributed by atoms with van der Waals surface area (Å²) in [6, 6.07) is 22.6. The van der Waals surface area contributed by atoms with Crippen LogP contribution in [0.2, 0.25) is 0 Å². The van der Waals surface area contributed by atoms with E-state index in [9.17, 15) is 8.42 Å². The lowest BCUT2D eigenvalue weighted by Gasteiger charge is -2.06. The minimum absolute atomic E-state index is 0.0509. The normalized spacial score (nSPS) is 11.3. The molecule has 4 rings (SSSR count). The topological polar surface area (TPSA) is 81.4 Å². The van der Waals surface area contributed by atoms with Crippen molar-refractivity contribution in [2.24, 2.45) is 0 Å². The van der Waals surface area contributed by atoms with Gasteiger partial charge >= 0.3 is 0 Å². The third-order valence-electron chi connectivity index (χ3n) is 4.34. The van der Waals surface area contributed by atoms with Crippen molar-refractivity contribution in [3.05, 3.63) is 83.3 Å². The van der Waals surface area contributed by atoms with E-state index in [-0.39, 0.29) is 21.7 Å². The van der Waals surface area contributed by atoms with Gasteiger partial charge in [-0.25, -0.2) is 8.42 Å². The molecule has 30 heavy (non-hydrogen) atoms. The van der Waals surface area contributed by atoms with Crippen molar-refractivity contribution < 1.29 is 17.6 Å². The average molecular weight is 485 g/mol. The van der Waals surface area contributed by atoms with Crippen molar-refractivity contribution in [3.63, 3.8) is 0 Å². The second kappa shape index (κ2) is 8.33. The highest BCUT2D eigenvalue weighted by molar-refractivity contribution is 9.10. The number of benzene rings is 3. The number of anilines is 2. The first-order valence-electron chi connectivity index (χ1n) is 8.95. The second-order valence-corrected chi connectivity index (χ2v) is 9.11. The average Bonchev–Trinajstić information content (AvgIpc) is 3.19. The Labute approximate surface area is 182 Å². The summed E-state index contributed by atoms with van der Waals surface area (Å²) >= 11 is 3.32. The highest BCUT2D eigenvalue weighted by Gasteiger charge is 2.28. The van der Waals surface area contributed by atoms with Crippen LogP contribution < -0.4 is 10.1 Å². The second-order valence-electron chi connectivity index (χ2n) is 6.33. The molecule has 1 aromatic heterocycles. The zero-order valence-corrected chi connectivity index (χ0v) is 18.3. The van der Waals surface area contributed by atoms with Crippen LogP contribution in [-0.4, -0.2) is 20.5 Å². The number of nitrogens with zero attached hydrogens (tertiary/aromatic N) is 1. The maximum absolute atomic E-state index is 13.3. The lowest BCUT2D eigenvalue weighted by atomic mass is 10.2. The van der Waals surface area contributed by atoms with Gasteiger partial charge in [-0.3, -0.25) is 0 Å². The van der Waals surface area contributed by atoms with Gasteiger partial charge in [0.1, 0.15) is 5.75 Å². The number of para-hydroxylation sites is 1. The van der Waals surface area contributed by atoms with Crippen LogP contribution in [0.25, 0.3) is 11.5 Å². The number of rotatable bonds is 6. The first-order chi connectivity index (χ1) is 14.5. The molecule has 0 saturated heterocycles. The summed E-state index contributed by atoms with van der Waals surface area (Å²) in [6.07, 6.45) is 0. The fourth-order valence-electron chi connectivity index (χ4n) is 2.80. The Balaban J connectivity index is 1.82. The molecular formula is C22H17BrN2O4S. The quantitative estimate of drug-likeness (QED) is 0.378. The lowest BCUT2D eigenvalue weighted by Crippen LogP contribution is -2.05. The first-order valence-corrected chi connectivity index (χ1v) is 11.2. The van der Waals surface area contributed by atoms with Crippen molar-refractivity contribution >= 4 is 37.3 Å². The predicted octanol–water partition coefficient (Wildman–Crippen LogP) is 5.69. The molecule has 0 fully saturated rings. The Bertz CT molecular complexity index is 1250. The monoisotopic (exact) mass is 484 g/mol. The molecule has 1 N–H and O–H groups in total. The Morgan fingerprint density at radius 3 is 2.23 bits per heavy atom. The third-order valence-corrected chi connectivity index (χ3v) is 6.55. The van der Waals surface area contributed by atoms with Gasteiger partial charge in [-0.1, -0.05) is 34.1 Å². The van der Waals surface area contributed by atoms with E-state index in [1.165, 1.54) is 12.1 Å². The number of oxazole rings is 1. The molecule has 0 aliphatic heterocycles. The highest BCUT2D eigenvalue weighted by atomic mass is 79.9. The van der Waals surface area contributed by atoms with Gasteiger partial charge in [0.05, 0.1) is 12.0 Å². The number of aromatic nitrogens is 1. The van der Waals surface area contributed by atoms with Crippen molar-refractivity contribution in [1.29, 1.82) is 0 Å². The minimum Gasteiger partial charge on any atom is -0.497 e. The smallest absolute Gasteiger partial charge is 0.238 e. The van der Waals surface area contributed by atoms with Gasteiger partial charge in [-0.05, 0) is 60.7 Å². The molecule has 0 unspecified atom stereocenters. The van der Waals surface area contributed by atoms with Crippen molar-refractivity contribution in [3.8, 4) is 17.2 Å². The van der Waals surface area contributed by atoms with Gasteiger partial charge in [0.15, 0.2) is 0 Å². The fourth-order valence-corrected chi connectivity index (χ4v) is 4.32. The maximum atomic E-state index is 13.3. The molecular weight excluding hydrogens is 468 g/mol. The molecule has 1 heterocycles. The van der Waals surface area contributed by atoms with Crippen LogP contribution in [0.5, 0.6) is 5.75 Å². The number of hydrogen-bond donors (Lipinski definition) is 1. The summed E-state index contributed by atoms with van der Waals surface area (Å²) in [7, 11) is -2.35. The Kier molecular flexibility index (Phi) is 5.61. The molecule has 0 radical (unpaired) electrons. The van der Waals surface area contributed by atoms with E-state index in [4.69, 9.17) is 9.15 Å². The summed E-state index contributed by atoms with van der Waals surface area (Å²) < 4.78 is 38.4. The molecule has 0 spiro atoms. The Morgan fingerprint density at radius 1 is 0.933 bits per heavy atom. The number of nitrogens with one attached hydrogen (secondary N) is 1. The van der Waals surface area contributed by atoms with Crippen LogP contribution >= 0.6 is 15.9 Å². The number of sulfone groups is 1. The molecule has 8 heteroatoms. The third kappa shape index (κ3) is 4.10. The van der Waals surface area contributed by atoms with Crippen LogP contribution in [-0.2, 0) is 9.84 Å². The van der Waals surface area contributed by atoms with Crippen LogP contribution in [0.4, 0.5) is 11.6 Å². The molecule has 0 amide bonds. The number of halogens is 1. The summed E-state index contributed by atoms with van der Waals surface area (Å²) in [5.41, 5.74) is 1.31. The number of ether oxygens (including phenoxy) is 1. The number of hydrogen-bond acceptors (Lipinski definition) is 6. The molecule has 3 aromatic carbocycles. The summed E-state index contributed by atoms with van der Waals surface area (Å²) in [5, 5.41) is 2.85. The largest absolute Gasteiger partial charge is 0.497 e. The zero-order chi connectivity index (χ0) is 21.1. The van der Waals surface area contributed by atoms with Gasteiger partial charge in [-0.2, -0.15) is 4.98 Å². The van der Waals surface area contributed by atoms with E-state index in [0.717, 1.165) is 4.47 Å². The lowest BCUT2D eigenvalue weighted by molar-refractivity contribution is 0.415. The Hall–Kier alpha value is -3.10. The first kappa shape index (κ1) is 20.2. The van der Waals surface area contributed by atoms with Gasteiger partial charge in [0.25, 0.3) is 0 Å². The standard InChI is InChI=1S/C22H17BrN2O4S/c1-28-18-11-7-15(8-12-18)20-25-22(21(29-20)24-17-5-3-2-4-6-17)30(26,27)19-13-9-16(23)10-14-19/h2-14,24H,1H3. The predicted molar refractivity (Wildman–Crippen MR) is 118 cm³/mol. The maximum Gasteiger partial charge on any atom is 0.238 e. The molecule has 0 aliphatic rings. The van der Waals surface area contributed by atoms with Crippen LogP contribution in [0.3, 0.4) is 0 Å². The van der Waals surface area contributed by atoms with Gasteiger partial charge in [0.2, 0.25) is 26.6 Å². The SMILES string of the molecule is COc1ccc(-c2nc(S(=O)(=O)c3ccc(Br)cc3)c(Nc3ccccc3)o2)cc1. The summed E-state index contributed by atoms with van der Waals surface area (Å²) in [6.45, 7) is 0. The molecule has 0 bridgehead atoms. The fraction of sp³-hybridized carbons (Fsp3) is 0.0455. The van der Waals surface area contributed by atoms with Gasteiger partial charge < -0.3 is 14.5 Å². The van der Waals surface area contributed by atoms with E-state index in [1.807, 2.05) is 30.3 Å². The summed E-state index contributed by atoms with van der Waals surface area (Å²) in [4.78, 5) is 4.45. The van der Waals surface area contributed by atoms with E-state index in [0.29, 0.717) is 17.0 Å². The van der Waals surface area contributed by atoms with Crippen LogP contribution in [0.15, 0.2) is 97.7 Å². The van der Waals surface area contributed by atoms with Crippen molar-refractivity contribution in [2.45, 2.75) is 9.92 Å². The molecule has 0 aliphatic carbocycles. The van der Waals surface area contributed by atoms with Crippen molar-refractivity contribution in [2.75, 3.05) is 12.4 Å². The minimum atomic E-state index is -3.92.